The fraction of sp³-hybridized carbons (Fsp3) is 0.625. The summed E-state index contributed by atoms with van der Waals surface area (Å²) >= 11 is 0. The SMILES string of the molecule is CC(C)(C)NCC1CCCN1Cc1cc(F)cc(F)c1. The van der Waals surface area contributed by atoms with Crippen molar-refractivity contribution in [1.82, 2.24) is 10.2 Å². The van der Waals surface area contributed by atoms with Crippen molar-refractivity contribution in [2.24, 2.45) is 0 Å². The first-order valence-electron chi connectivity index (χ1n) is 7.27. The van der Waals surface area contributed by atoms with Crippen LogP contribution in [0.1, 0.15) is 39.2 Å². The van der Waals surface area contributed by atoms with Crippen LogP contribution < -0.4 is 5.32 Å². The minimum absolute atomic E-state index is 0.0965. The number of nitrogens with zero attached hydrogens (tertiary/aromatic N) is 1. The molecule has 0 spiro atoms. The number of nitrogens with one attached hydrogen (secondary N) is 1. The van der Waals surface area contributed by atoms with E-state index in [1.807, 2.05) is 0 Å². The number of hydrogen-bond donors (Lipinski definition) is 1. The molecule has 2 rings (SSSR count). The van der Waals surface area contributed by atoms with Crippen LogP contribution in [0.25, 0.3) is 0 Å². The van der Waals surface area contributed by atoms with Gasteiger partial charge >= 0.3 is 0 Å². The zero-order valence-electron chi connectivity index (χ0n) is 12.5. The average Bonchev–Trinajstić information content (AvgIpc) is 2.71. The largest absolute Gasteiger partial charge is 0.311 e. The van der Waals surface area contributed by atoms with E-state index in [-0.39, 0.29) is 5.54 Å². The molecule has 2 nitrogen and oxygen atoms in total. The summed E-state index contributed by atoms with van der Waals surface area (Å²) < 4.78 is 26.5. The van der Waals surface area contributed by atoms with Gasteiger partial charge in [-0.25, -0.2) is 8.78 Å². The molecule has 1 aromatic carbocycles. The molecular weight excluding hydrogens is 258 g/mol. The van der Waals surface area contributed by atoms with Crippen LogP contribution >= 0.6 is 0 Å². The maximum absolute atomic E-state index is 13.2. The van der Waals surface area contributed by atoms with E-state index in [1.165, 1.54) is 12.1 Å². The van der Waals surface area contributed by atoms with E-state index in [9.17, 15) is 8.78 Å². The molecule has 0 bridgehead atoms. The predicted molar refractivity (Wildman–Crippen MR) is 77.5 cm³/mol. The Hall–Kier alpha value is -1.00. The fourth-order valence-electron chi connectivity index (χ4n) is 2.70. The molecule has 1 aliphatic heterocycles. The summed E-state index contributed by atoms with van der Waals surface area (Å²) in [6.45, 7) is 8.97. The van der Waals surface area contributed by atoms with E-state index in [0.29, 0.717) is 18.2 Å². The standard InChI is InChI=1S/C16H24F2N2/c1-16(2,3)19-10-15-5-4-6-20(15)11-12-7-13(17)9-14(18)8-12/h7-9,15,19H,4-6,10-11H2,1-3H3. The lowest BCUT2D eigenvalue weighted by atomic mass is 10.1. The third kappa shape index (κ3) is 4.53. The van der Waals surface area contributed by atoms with Crippen LogP contribution in [-0.2, 0) is 6.54 Å². The topological polar surface area (TPSA) is 15.3 Å². The molecule has 4 heteroatoms. The zero-order valence-corrected chi connectivity index (χ0v) is 12.5. The molecule has 1 aromatic rings. The Morgan fingerprint density at radius 1 is 1.20 bits per heavy atom. The van der Waals surface area contributed by atoms with Crippen LogP contribution in [0.3, 0.4) is 0 Å². The summed E-state index contributed by atoms with van der Waals surface area (Å²) in [5, 5.41) is 3.51. The summed E-state index contributed by atoms with van der Waals surface area (Å²) in [7, 11) is 0. The lowest BCUT2D eigenvalue weighted by Crippen LogP contribution is -2.44. The Morgan fingerprint density at radius 3 is 2.45 bits per heavy atom. The molecule has 1 fully saturated rings. The van der Waals surface area contributed by atoms with E-state index in [0.717, 1.165) is 32.0 Å². The van der Waals surface area contributed by atoms with E-state index >= 15 is 0 Å². The van der Waals surface area contributed by atoms with Crippen molar-refractivity contribution < 1.29 is 8.78 Å². The van der Waals surface area contributed by atoms with Crippen LogP contribution in [0.5, 0.6) is 0 Å². The quantitative estimate of drug-likeness (QED) is 0.911. The number of benzene rings is 1. The van der Waals surface area contributed by atoms with Crippen molar-refractivity contribution >= 4 is 0 Å². The normalized spacial score (nSPS) is 20.6. The van der Waals surface area contributed by atoms with Gasteiger partial charge in [-0.2, -0.15) is 0 Å². The molecule has 0 radical (unpaired) electrons. The summed E-state index contributed by atoms with van der Waals surface area (Å²) in [6, 6.07) is 4.22. The lowest BCUT2D eigenvalue weighted by molar-refractivity contribution is 0.225. The third-order valence-electron chi connectivity index (χ3n) is 3.68. The van der Waals surface area contributed by atoms with Crippen molar-refractivity contribution in [3.05, 3.63) is 35.4 Å². The highest BCUT2D eigenvalue weighted by Gasteiger charge is 2.25. The van der Waals surface area contributed by atoms with Gasteiger partial charge in [0.15, 0.2) is 0 Å². The van der Waals surface area contributed by atoms with Gasteiger partial charge < -0.3 is 5.32 Å². The highest BCUT2D eigenvalue weighted by Crippen LogP contribution is 2.21. The average molecular weight is 282 g/mol. The van der Waals surface area contributed by atoms with Crippen LogP contribution in [0.2, 0.25) is 0 Å². The molecule has 0 aliphatic carbocycles. The van der Waals surface area contributed by atoms with Gasteiger partial charge in [0.2, 0.25) is 0 Å². The number of likely N-dealkylation sites (tertiary alicyclic amines) is 1. The van der Waals surface area contributed by atoms with Crippen molar-refractivity contribution in [2.75, 3.05) is 13.1 Å². The Bertz CT molecular complexity index is 434. The number of halogens is 2. The van der Waals surface area contributed by atoms with E-state index < -0.39 is 11.6 Å². The maximum atomic E-state index is 13.2. The first-order valence-corrected chi connectivity index (χ1v) is 7.27. The van der Waals surface area contributed by atoms with Crippen molar-refractivity contribution in [3.63, 3.8) is 0 Å². The van der Waals surface area contributed by atoms with Crippen molar-refractivity contribution in [1.29, 1.82) is 0 Å². The Morgan fingerprint density at radius 2 is 1.85 bits per heavy atom. The molecule has 1 unspecified atom stereocenters. The van der Waals surface area contributed by atoms with Gasteiger partial charge in [0, 0.05) is 30.7 Å². The first kappa shape index (κ1) is 15.4. The molecule has 112 valence electrons. The van der Waals surface area contributed by atoms with E-state index in [4.69, 9.17) is 0 Å². The summed E-state index contributed by atoms with van der Waals surface area (Å²) in [6.07, 6.45) is 2.29. The first-order chi connectivity index (χ1) is 9.33. The molecule has 0 amide bonds. The second kappa shape index (κ2) is 6.19. The van der Waals surface area contributed by atoms with Gasteiger partial charge in [-0.3, -0.25) is 4.90 Å². The molecule has 1 aliphatic rings. The number of rotatable bonds is 4. The van der Waals surface area contributed by atoms with Gasteiger partial charge in [0.1, 0.15) is 11.6 Å². The number of hydrogen-bond acceptors (Lipinski definition) is 2. The minimum Gasteiger partial charge on any atom is -0.311 e. The molecule has 20 heavy (non-hydrogen) atoms. The molecule has 1 saturated heterocycles. The monoisotopic (exact) mass is 282 g/mol. The van der Waals surface area contributed by atoms with Crippen LogP contribution in [0.15, 0.2) is 18.2 Å². The van der Waals surface area contributed by atoms with Crippen LogP contribution in [-0.4, -0.2) is 29.6 Å². The van der Waals surface area contributed by atoms with Gasteiger partial charge in [-0.1, -0.05) is 0 Å². The highest BCUT2D eigenvalue weighted by molar-refractivity contribution is 5.18. The Labute approximate surface area is 120 Å². The summed E-state index contributed by atoms with van der Waals surface area (Å²) in [5.74, 6) is -0.993. The molecule has 0 aromatic heterocycles. The van der Waals surface area contributed by atoms with Gasteiger partial charge in [-0.15, -0.1) is 0 Å². The van der Waals surface area contributed by atoms with E-state index in [2.05, 4.69) is 31.0 Å². The second-order valence-electron chi connectivity index (χ2n) is 6.68. The molecular formula is C16H24F2N2. The van der Waals surface area contributed by atoms with Gasteiger partial charge in [-0.05, 0) is 57.9 Å². The third-order valence-corrected chi connectivity index (χ3v) is 3.68. The Balaban J connectivity index is 1.97. The van der Waals surface area contributed by atoms with Crippen molar-refractivity contribution in [2.45, 2.75) is 51.7 Å². The summed E-state index contributed by atoms with van der Waals surface area (Å²) in [5.41, 5.74) is 0.810. The minimum atomic E-state index is -0.497. The molecule has 1 heterocycles. The zero-order chi connectivity index (χ0) is 14.8. The maximum Gasteiger partial charge on any atom is 0.126 e. The lowest BCUT2D eigenvalue weighted by Gasteiger charge is -2.29. The molecule has 0 saturated carbocycles. The molecule has 1 atom stereocenters. The summed E-state index contributed by atoms with van der Waals surface area (Å²) in [4.78, 5) is 2.31. The van der Waals surface area contributed by atoms with Crippen LogP contribution in [0, 0.1) is 11.6 Å². The van der Waals surface area contributed by atoms with Crippen molar-refractivity contribution in [3.8, 4) is 0 Å². The molecule has 1 N–H and O–H groups in total. The smallest absolute Gasteiger partial charge is 0.126 e. The fourth-order valence-corrected chi connectivity index (χ4v) is 2.70. The highest BCUT2D eigenvalue weighted by atomic mass is 19.1. The van der Waals surface area contributed by atoms with E-state index in [1.54, 1.807) is 0 Å². The second-order valence-corrected chi connectivity index (χ2v) is 6.68. The Kier molecular flexibility index (Phi) is 4.76. The predicted octanol–water partition coefficient (Wildman–Crippen LogP) is 3.32. The van der Waals surface area contributed by atoms with Crippen LogP contribution in [0.4, 0.5) is 8.78 Å². The van der Waals surface area contributed by atoms with Gasteiger partial charge in [0.05, 0.1) is 0 Å². The van der Waals surface area contributed by atoms with Gasteiger partial charge in [0.25, 0.3) is 0 Å².